The number of ether oxygens (including phenoxy) is 1. The van der Waals surface area contributed by atoms with E-state index in [2.05, 4.69) is 19.9 Å². The Labute approximate surface area is 231 Å². The van der Waals surface area contributed by atoms with E-state index in [0.29, 0.717) is 11.7 Å². The number of aryl methyl sites for hydroxylation is 1. The van der Waals surface area contributed by atoms with Gasteiger partial charge in [0.25, 0.3) is 5.97 Å². The maximum atomic E-state index is 9.00. The third kappa shape index (κ3) is 5.93. The molecule has 4 heterocycles. The van der Waals surface area contributed by atoms with Crippen LogP contribution in [0.25, 0.3) is 44.8 Å². The summed E-state index contributed by atoms with van der Waals surface area (Å²) >= 11 is 0. The molecule has 1 atom stereocenters. The molecule has 1 aliphatic heterocycles. The number of benzene rings is 2. The molecule has 0 bridgehead atoms. The van der Waals surface area contributed by atoms with Crippen LogP contribution in [0.2, 0.25) is 0 Å². The van der Waals surface area contributed by atoms with Crippen molar-refractivity contribution in [2.75, 3.05) is 39.1 Å². The minimum Gasteiger partial charge on any atom is -0.481 e. The number of likely N-dealkylation sites (tertiary alicyclic amines) is 1. The molecule has 2 aromatic carbocycles. The van der Waals surface area contributed by atoms with Crippen molar-refractivity contribution in [3.63, 3.8) is 0 Å². The lowest BCUT2D eigenvalue weighted by atomic mass is 10.1. The van der Waals surface area contributed by atoms with E-state index in [1.807, 2.05) is 54.1 Å². The number of carboxylic acid groups (broad SMARTS) is 1. The van der Waals surface area contributed by atoms with Crippen LogP contribution in [0.3, 0.4) is 0 Å². The van der Waals surface area contributed by atoms with E-state index in [9.17, 15) is 0 Å². The van der Waals surface area contributed by atoms with Crippen LogP contribution in [0, 0.1) is 6.92 Å². The van der Waals surface area contributed by atoms with E-state index in [1.165, 1.54) is 6.33 Å². The molecule has 0 saturated carbocycles. The summed E-state index contributed by atoms with van der Waals surface area (Å²) in [4.78, 5) is 24.9. The largest absolute Gasteiger partial charge is 0.481 e. The van der Waals surface area contributed by atoms with Crippen molar-refractivity contribution in [2.45, 2.75) is 26.3 Å². The SMILES string of the molecule is CC(=O)O.COCCN1CCC(n2nc(-c3ccc(-c4nc5cc(C)ccc5o4)cc3)c3c(N)ncnc32)C1.N. The summed E-state index contributed by atoms with van der Waals surface area (Å²) in [6.07, 6.45) is 2.51. The summed E-state index contributed by atoms with van der Waals surface area (Å²) < 4.78 is 13.2. The standard InChI is InChI=1S/C26H27N7O2.C2H4O2.H3N/c1-16-3-8-21-20(13-16)30-26(35-21)18-6-4-17(5-7-18)23-22-24(27)28-15-29-25(22)33(31-23)19-9-10-32(14-19)11-12-34-2;1-2(3)4;/h3-8,13,15,19H,9-12,14H2,1-2H3,(H2,27,28,29);1H3,(H,3,4);1H3. The third-order valence-electron chi connectivity index (χ3n) is 6.67. The normalized spacial score (nSPS) is 15.1. The first kappa shape index (κ1) is 28.6. The summed E-state index contributed by atoms with van der Waals surface area (Å²) in [6.45, 7) is 6.67. The molecule has 0 amide bonds. The number of aromatic nitrogens is 5. The van der Waals surface area contributed by atoms with Gasteiger partial charge in [0, 0.05) is 44.8 Å². The summed E-state index contributed by atoms with van der Waals surface area (Å²) in [7, 11) is 1.73. The molecule has 1 fully saturated rings. The van der Waals surface area contributed by atoms with Crippen LogP contribution in [0.15, 0.2) is 53.2 Å². The zero-order valence-electron chi connectivity index (χ0n) is 22.9. The second-order valence-corrected chi connectivity index (χ2v) is 9.57. The Hall–Kier alpha value is -4.39. The molecule has 12 nitrogen and oxygen atoms in total. The number of oxazole rings is 1. The maximum absolute atomic E-state index is 9.00. The Morgan fingerprint density at radius 3 is 2.62 bits per heavy atom. The monoisotopic (exact) mass is 546 g/mol. The van der Waals surface area contributed by atoms with E-state index < -0.39 is 5.97 Å². The average Bonchev–Trinajstić information content (AvgIpc) is 3.64. The zero-order valence-corrected chi connectivity index (χ0v) is 22.9. The fourth-order valence-corrected chi connectivity index (χ4v) is 4.82. The molecule has 12 heteroatoms. The van der Waals surface area contributed by atoms with Gasteiger partial charge in [0.05, 0.1) is 18.0 Å². The fourth-order valence-electron chi connectivity index (χ4n) is 4.82. The molecule has 1 aliphatic rings. The summed E-state index contributed by atoms with van der Waals surface area (Å²) in [5.41, 5.74) is 12.5. The molecule has 6 N–H and O–H groups in total. The topological polar surface area (TPSA) is 180 Å². The Kier molecular flexibility index (Phi) is 8.73. The minimum atomic E-state index is -0.833. The molecular formula is C28H34N8O4. The summed E-state index contributed by atoms with van der Waals surface area (Å²) in [5, 5.41) is 13.2. The average molecular weight is 547 g/mol. The van der Waals surface area contributed by atoms with Crippen LogP contribution in [0.5, 0.6) is 0 Å². The number of fused-ring (bicyclic) bond motifs is 2. The van der Waals surface area contributed by atoms with Gasteiger partial charge in [-0.05, 0) is 43.2 Å². The Bertz CT molecular complexity index is 1610. The van der Waals surface area contributed by atoms with Crippen LogP contribution in [0.1, 0.15) is 24.9 Å². The van der Waals surface area contributed by atoms with E-state index in [1.54, 1.807) is 7.11 Å². The molecule has 3 aromatic heterocycles. The quantitative estimate of drug-likeness (QED) is 0.276. The van der Waals surface area contributed by atoms with Crippen molar-refractivity contribution in [1.82, 2.24) is 35.8 Å². The second-order valence-electron chi connectivity index (χ2n) is 9.57. The van der Waals surface area contributed by atoms with Gasteiger partial charge in [-0.3, -0.25) is 9.69 Å². The van der Waals surface area contributed by atoms with Crippen molar-refractivity contribution in [1.29, 1.82) is 0 Å². The lowest BCUT2D eigenvalue weighted by molar-refractivity contribution is -0.134. The van der Waals surface area contributed by atoms with Crippen LogP contribution in [0.4, 0.5) is 5.82 Å². The molecule has 6 rings (SSSR count). The summed E-state index contributed by atoms with van der Waals surface area (Å²) in [5.74, 6) is 0.196. The number of anilines is 1. The van der Waals surface area contributed by atoms with Crippen molar-refractivity contribution in [2.24, 2.45) is 0 Å². The fraction of sp³-hybridized carbons (Fsp3) is 0.321. The number of carboxylic acids is 1. The molecular weight excluding hydrogens is 512 g/mol. The number of nitrogens with zero attached hydrogens (tertiary/aromatic N) is 6. The smallest absolute Gasteiger partial charge is 0.300 e. The molecule has 0 spiro atoms. The van der Waals surface area contributed by atoms with Crippen LogP contribution >= 0.6 is 0 Å². The van der Waals surface area contributed by atoms with Crippen molar-refractivity contribution in [3.8, 4) is 22.7 Å². The predicted octanol–water partition coefficient (Wildman–Crippen LogP) is 4.34. The Morgan fingerprint density at radius 1 is 1.18 bits per heavy atom. The maximum Gasteiger partial charge on any atom is 0.300 e. The number of nitrogens with two attached hydrogens (primary N) is 1. The van der Waals surface area contributed by atoms with Gasteiger partial charge in [-0.15, -0.1) is 0 Å². The molecule has 1 saturated heterocycles. The Balaban J connectivity index is 0.000000695. The highest BCUT2D eigenvalue weighted by molar-refractivity contribution is 5.98. The van der Waals surface area contributed by atoms with E-state index in [-0.39, 0.29) is 12.2 Å². The van der Waals surface area contributed by atoms with Gasteiger partial charge in [-0.2, -0.15) is 5.10 Å². The second kappa shape index (κ2) is 12.2. The lowest BCUT2D eigenvalue weighted by Gasteiger charge is -2.15. The number of hydrogen-bond acceptors (Lipinski definition) is 10. The molecule has 40 heavy (non-hydrogen) atoms. The molecule has 0 radical (unpaired) electrons. The number of rotatable bonds is 6. The molecule has 1 unspecified atom stereocenters. The molecule has 5 aromatic rings. The van der Waals surface area contributed by atoms with Crippen LogP contribution in [-0.4, -0.2) is 74.1 Å². The number of methoxy groups -OCH3 is 1. The Morgan fingerprint density at radius 2 is 1.90 bits per heavy atom. The third-order valence-corrected chi connectivity index (χ3v) is 6.67. The first-order valence-corrected chi connectivity index (χ1v) is 12.7. The van der Waals surface area contributed by atoms with Crippen molar-refractivity contribution >= 4 is 33.9 Å². The minimum absolute atomic E-state index is 0. The van der Waals surface area contributed by atoms with E-state index in [4.69, 9.17) is 29.9 Å². The van der Waals surface area contributed by atoms with Gasteiger partial charge in [-0.25, -0.2) is 19.6 Å². The van der Waals surface area contributed by atoms with Gasteiger partial charge >= 0.3 is 0 Å². The van der Waals surface area contributed by atoms with Crippen LogP contribution in [-0.2, 0) is 9.53 Å². The van der Waals surface area contributed by atoms with Gasteiger partial charge in [0.1, 0.15) is 23.4 Å². The highest BCUT2D eigenvalue weighted by Crippen LogP contribution is 2.35. The highest BCUT2D eigenvalue weighted by atomic mass is 16.5. The van der Waals surface area contributed by atoms with Gasteiger partial charge in [0.2, 0.25) is 5.89 Å². The molecule has 0 aliphatic carbocycles. The lowest BCUT2D eigenvalue weighted by Crippen LogP contribution is -2.25. The first-order valence-electron chi connectivity index (χ1n) is 12.7. The first-order chi connectivity index (χ1) is 18.8. The number of nitrogen functional groups attached to an aromatic ring is 1. The molecule has 210 valence electrons. The van der Waals surface area contributed by atoms with Gasteiger partial charge < -0.3 is 26.1 Å². The summed E-state index contributed by atoms with van der Waals surface area (Å²) in [6, 6.07) is 14.3. The number of hydrogen-bond donors (Lipinski definition) is 3. The van der Waals surface area contributed by atoms with Crippen molar-refractivity contribution < 1.29 is 19.1 Å². The predicted molar refractivity (Wildman–Crippen MR) is 153 cm³/mol. The number of carbonyl (C=O) groups is 1. The van der Waals surface area contributed by atoms with Gasteiger partial charge in [-0.1, -0.05) is 18.2 Å². The van der Waals surface area contributed by atoms with Crippen LogP contribution < -0.4 is 11.9 Å². The van der Waals surface area contributed by atoms with Crippen molar-refractivity contribution in [3.05, 3.63) is 54.4 Å². The van der Waals surface area contributed by atoms with E-state index >= 15 is 0 Å². The zero-order chi connectivity index (χ0) is 27.5. The van der Waals surface area contributed by atoms with Gasteiger partial charge in [0.15, 0.2) is 11.2 Å². The number of aliphatic carboxylic acids is 1. The highest BCUT2D eigenvalue weighted by Gasteiger charge is 2.28. The van der Waals surface area contributed by atoms with E-state index in [0.717, 1.165) is 84.1 Å².